The van der Waals surface area contributed by atoms with Crippen LogP contribution in [0.15, 0.2) is 18.2 Å². The highest BCUT2D eigenvalue weighted by Crippen LogP contribution is 2.26. The molecule has 1 aromatic carbocycles. The molecule has 2 rings (SSSR count). The second-order valence-corrected chi connectivity index (χ2v) is 8.42. The summed E-state index contributed by atoms with van der Waals surface area (Å²) in [6.07, 6.45) is 1.09. The van der Waals surface area contributed by atoms with Gasteiger partial charge in [0, 0.05) is 25.7 Å². The van der Waals surface area contributed by atoms with E-state index in [1.807, 2.05) is 11.0 Å². The molecular formula is C22H38N4O6. The number of β-amino-alcohol motifs (C(OH)–C–C–N with tert-alkyl or cyclic N) is 1. The van der Waals surface area contributed by atoms with Gasteiger partial charge in [-0.3, -0.25) is 15.0 Å². The fourth-order valence-electron chi connectivity index (χ4n) is 4.05. The minimum absolute atomic E-state index is 0.0836. The number of hydrogen-bond acceptors (Lipinski definition) is 9. The Morgan fingerprint density at radius 3 is 2.56 bits per heavy atom. The molecule has 0 unspecified atom stereocenters. The molecule has 0 spiro atoms. The molecule has 10 heteroatoms. The van der Waals surface area contributed by atoms with Gasteiger partial charge in [0.1, 0.15) is 17.9 Å². The molecule has 0 radical (unpaired) electrons. The topological polar surface area (TPSA) is 151 Å². The van der Waals surface area contributed by atoms with Gasteiger partial charge in [-0.1, -0.05) is 25.8 Å². The summed E-state index contributed by atoms with van der Waals surface area (Å²) in [7, 11) is 0. The third kappa shape index (κ3) is 7.65. The van der Waals surface area contributed by atoms with Crippen molar-refractivity contribution in [2.75, 3.05) is 38.1 Å². The molecule has 182 valence electrons. The molecular weight excluding hydrogens is 416 g/mol. The zero-order valence-electron chi connectivity index (χ0n) is 18.8. The van der Waals surface area contributed by atoms with Crippen molar-refractivity contribution in [1.29, 1.82) is 0 Å². The molecule has 32 heavy (non-hydrogen) atoms. The first-order valence-electron chi connectivity index (χ1n) is 11.5. The average molecular weight is 455 g/mol. The number of nitro groups is 1. The van der Waals surface area contributed by atoms with Crippen molar-refractivity contribution in [2.24, 2.45) is 0 Å². The van der Waals surface area contributed by atoms with Gasteiger partial charge < -0.3 is 31.1 Å². The van der Waals surface area contributed by atoms with Crippen molar-refractivity contribution >= 4 is 11.4 Å². The quantitative estimate of drug-likeness (QED) is 0.136. The highest BCUT2D eigenvalue weighted by Gasteiger charge is 2.40. The van der Waals surface area contributed by atoms with E-state index >= 15 is 0 Å². The highest BCUT2D eigenvalue weighted by atomic mass is 16.6. The zero-order chi connectivity index (χ0) is 23.5. The van der Waals surface area contributed by atoms with Crippen LogP contribution in [-0.4, -0.2) is 87.4 Å². The van der Waals surface area contributed by atoms with Crippen molar-refractivity contribution < 1.29 is 25.3 Å². The molecule has 1 aliphatic heterocycles. The lowest BCUT2D eigenvalue weighted by atomic mass is 9.94. The van der Waals surface area contributed by atoms with E-state index in [9.17, 15) is 30.5 Å². The van der Waals surface area contributed by atoms with Gasteiger partial charge in [-0.2, -0.15) is 0 Å². The summed E-state index contributed by atoms with van der Waals surface area (Å²) in [6, 6.07) is 4.70. The van der Waals surface area contributed by atoms with Crippen LogP contribution in [0.3, 0.4) is 0 Å². The number of nitro benzene ring substituents is 1. The maximum Gasteiger partial charge on any atom is 0.292 e. The fraction of sp³-hybridized carbons (Fsp3) is 0.727. The van der Waals surface area contributed by atoms with Crippen LogP contribution in [0.2, 0.25) is 0 Å². The minimum Gasteiger partial charge on any atom is -0.395 e. The van der Waals surface area contributed by atoms with E-state index in [-0.39, 0.29) is 23.8 Å². The van der Waals surface area contributed by atoms with Gasteiger partial charge in [0.25, 0.3) is 5.69 Å². The van der Waals surface area contributed by atoms with Crippen LogP contribution in [0.25, 0.3) is 0 Å². The number of benzene rings is 1. The standard InChI is InChI=1S/C22H38N4O6/c1-2-9-23-13-16-7-8-17(18(12-16)26(31)32)24-10-5-3-4-6-11-25-14-20(28)22(30)21(29)19(25)15-27/h7-8,12,19-24,27-30H,2-6,9-11,13-15H2,1H3/t19-,20+,21-,22-/m1/s1. The maximum absolute atomic E-state index is 11.4. The number of likely N-dealkylation sites (tertiary alicyclic amines) is 1. The Bertz CT molecular complexity index is 707. The van der Waals surface area contributed by atoms with Gasteiger partial charge in [0.05, 0.1) is 23.7 Å². The molecule has 1 aliphatic rings. The monoisotopic (exact) mass is 454 g/mol. The van der Waals surface area contributed by atoms with Gasteiger partial charge in [-0.15, -0.1) is 0 Å². The van der Waals surface area contributed by atoms with E-state index < -0.39 is 24.4 Å². The first-order valence-corrected chi connectivity index (χ1v) is 11.5. The summed E-state index contributed by atoms with van der Waals surface area (Å²) in [5.74, 6) is 0. The molecule has 1 fully saturated rings. The van der Waals surface area contributed by atoms with Gasteiger partial charge in [-0.05, 0) is 44.0 Å². The Balaban J connectivity index is 1.71. The van der Waals surface area contributed by atoms with E-state index in [0.717, 1.165) is 44.2 Å². The molecule has 0 aliphatic carbocycles. The summed E-state index contributed by atoms with van der Waals surface area (Å²) in [5, 5.41) is 56.9. The lowest BCUT2D eigenvalue weighted by Crippen LogP contribution is -2.62. The predicted octanol–water partition coefficient (Wildman–Crippen LogP) is 0.826. The normalized spacial score (nSPS) is 23.9. The van der Waals surface area contributed by atoms with Crippen LogP contribution in [0, 0.1) is 10.1 Å². The molecule has 0 saturated carbocycles. The van der Waals surface area contributed by atoms with Gasteiger partial charge in [-0.25, -0.2) is 0 Å². The van der Waals surface area contributed by atoms with Crippen LogP contribution in [-0.2, 0) is 6.54 Å². The summed E-state index contributed by atoms with van der Waals surface area (Å²) >= 11 is 0. The van der Waals surface area contributed by atoms with E-state index in [2.05, 4.69) is 17.6 Å². The molecule has 1 heterocycles. The Labute approximate surface area is 189 Å². The number of aliphatic hydroxyl groups is 4. The molecule has 0 bridgehead atoms. The summed E-state index contributed by atoms with van der Waals surface area (Å²) < 4.78 is 0. The first kappa shape index (κ1) is 26.4. The zero-order valence-corrected chi connectivity index (χ0v) is 18.8. The molecule has 1 saturated heterocycles. The molecule has 1 aromatic rings. The van der Waals surface area contributed by atoms with Crippen molar-refractivity contribution in [3.05, 3.63) is 33.9 Å². The van der Waals surface area contributed by atoms with Gasteiger partial charge in [0.2, 0.25) is 0 Å². The van der Waals surface area contributed by atoms with Crippen molar-refractivity contribution in [3.8, 4) is 0 Å². The van der Waals surface area contributed by atoms with Gasteiger partial charge >= 0.3 is 0 Å². The molecule has 4 atom stereocenters. The number of unbranched alkanes of at least 4 members (excludes halogenated alkanes) is 3. The Hall–Kier alpha value is -1.82. The predicted molar refractivity (Wildman–Crippen MR) is 123 cm³/mol. The van der Waals surface area contributed by atoms with E-state index in [0.29, 0.717) is 25.3 Å². The second-order valence-electron chi connectivity index (χ2n) is 8.42. The fourth-order valence-corrected chi connectivity index (χ4v) is 4.05. The molecule has 0 amide bonds. The average Bonchev–Trinajstić information content (AvgIpc) is 2.77. The van der Waals surface area contributed by atoms with Crippen LogP contribution < -0.4 is 10.6 Å². The van der Waals surface area contributed by atoms with Crippen molar-refractivity contribution in [3.63, 3.8) is 0 Å². The largest absolute Gasteiger partial charge is 0.395 e. The van der Waals surface area contributed by atoms with Crippen LogP contribution in [0.1, 0.15) is 44.6 Å². The highest BCUT2D eigenvalue weighted by molar-refractivity contribution is 5.62. The number of aliphatic hydroxyl groups excluding tert-OH is 4. The number of piperidine rings is 1. The Kier molecular flexibility index (Phi) is 11.3. The van der Waals surface area contributed by atoms with Crippen LogP contribution in [0.4, 0.5) is 11.4 Å². The van der Waals surface area contributed by atoms with Gasteiger partial charge in [0.15, 0.2) is 0 Å². The van der Waals surface area contributed by atoms with Crippen LogP contribution in [0.5, 0.6) is 0 Å². The third-order valence-corrected chi connectivity index (χ3v) is 5.92. The van der Waals surface area contributed by atoms with Crippen molar-refractivity contribution in [2.45, 2.75) is 69.9 Å². The van der Waals surface area contributed by atoms with E-state index in [1.54, 1.807) is 12.1 Å². The molecule has 0 aromatic heterocycles. The number of rotatable bonds is 14. The van der Waals surface area contributed by atoms with Crippen molar-refractivity contribution in [1.82, 2.24) is 10.2 Å². The minimum atomic E-state index is -1.24. The number of hydrogen-bond donors (Lipinski definition) is 6. The first-order chi connectivity index (χ1) is 15.4. The van der Waals surface area contributed by atoms with Crippen LogP contribution >= 0.6 is 0 Å². The number of nitrogens with one attached hydrogen (secondary N) is 2. The second kappa shape index (κ2) is 13.7. The molecule has 6 N–H and O–H groups in total. The lowest BCUT2D eigenvalue weighted by Gasteiger charge is -2.43. The summed E-state index contributed by atoms with van der Waals surface area (Å²) in [4.78, 5) is 12.9. The van der Waals surface area contributed by atoms with E-state index in [4.69, 9.17) is 0 Å². The van der Waals surface area contributed by atoms with E-state index in [1.165, 1.54) is 0 Å². The Morgan fingerprint density at radius 2 is 1.88 bits per heavy atom. The number of anilines is 1. The SMILES string of the molecule is CCCNCc1ccc(NCCCCCCN2C[C@H](O)[C@@H](O)[C@H](O)[C@H]2CO)c([N+](=O)[O-])c1. The third-order valence-electron chi connectivity index (χ3n) is 5.92. The summed E-state index contributed by atoms with van der Waals surface area (Å²) in [6.45, 7) is 4.73. The Morgan fingerprint density at radius 1 is 1.12 bits per heavy atom. The lowest BCUT2D eigenvalue weighted by molar-refractivity contribution is -0.384. The maximum atomic E-state index is 11.4. The smallest absolute Gasteiger partial charge is 0.292 e. The number of nitrogens with zero attached hydrogens (tertiary/aromatic N) is 2. The molecule has 10 nitrogen and oxygen atoms in total. The summed E-state index contributed by atoms with van der Waals surface area (Å²) in [5.41, 5.74) is 1.49.